The second kappa shape index (κ2) is 6.70. The van der Waals surface area contributed by atoms with E-state index < -0.39 is 18.1 Å². The molecule has 0 saturated carbocycles. The predicted molar refractivity (Wildman–Crippen MR) is 77.1 cm³/mol. The Morgan fingerprint density at radius 3 is 2.55 bits per heavy atom. The molecule has 0 amide bonds. The monoisotopic (exact) mass is 316 g/mol. The van der Waals surface area contributed by atoms with E-state index in [0.29, 0.717) is 6.61 Å². The van der Waals surface area contributed by atoms with Crippen molar-refractivity contribution in [3.8, 4) is 11.5 Å². The van der Waals surface area contributed by atoms with Gasteiger partial charge in [0.2, 0.25) is 0 Å². The molecule has 6 nitrogen and oxygen atoms in total. The Hall–Kier alpha value is -0.906. The molecule has 0 N–H and O–H groups in total. The summed E-state index contributed by atoms with van der Waals surface area (Å²) >= 11 is 0. The van der Waals surface area contributed by atoms with Gasteiger partial charge in [-0.1, -0.05) is 0 Å². The third-order valence-corrected chi connectivity index (χ3v) is 6.73. The minimum atomic E-state index is -2.72. The Labute approximate surface area is 121 Å². The van der Waals surface area contributed by atoms with Gasteiger partial charge in [-0.2, -0.15) is 0 Å². The fourth-order valence-electron chi connectivity index (χ4n) is 1.89. The van der Waals surface area contributed by atoms with Crippen LogP contribution in [0, 0.1) is 0 Å². The zero-order valence-electron chi connectivity index (χ0n) is 12.2. The number of rotatable bonds is 6. The molecule has 1 unspecified atom stereocenters. The zero-order valence-corrected chi connectivity index (χ0v) is 14.3. The fraction of sp³-hybridized carbons (Fsp3) is 0.500. The second-order valence-corrected chi connectivity index (χ2v) is 8.93. The van der Waals surface area contributed by atoms with Gasteiger partial charge in [0.05, 0.1) is 6.61 Å². The van der Waals surface area contributed by atoms with E-state index in [0.717, 1.165) is 17.1 Å². The van der Waals surface area contributed by atoms with E-state index in [1.54, 1.807) is 21.3 Å². The Bertz CT molecular complexity index is 443. The van der Waals surface area contributed by atoms with Crippen LogP contribution in [0.25, 0.3) is 0 Å². The van der Waals surface area contributed by atoms with Crippen LogP contribution in [0.2, 0.25) is 6.55 Å². The molecule has 0 aliphatic carbocycles. The fourth-order valence-corrected chi connectivity index (χ4v) is 4.16. The highest BCUT2D eigenvalue weighted by Crippen LogP contribution is 2.29. The molecule has 1 atom stereocenters. The third kappa shape index (κ3) is 3.40. The lowest BCUT2D eigenvalue weighted by molar-refractivity contribution is 0.100. The summed E-state index contributed by atoms with van der Waals surface area (Å²) in [6, 6.07) is 5.69. The Kier molecular flexibility index (Phi) is 5.19. The normalized spacial score (nSPS) is 18.3. The number of hydrogen-bond donors (Lipinski definition) is 0. The van der Waals surface area contributed by atoms with Gasteiger partial charge in [-0.25, -0.2) is 0 Å². The summed E-state index contributed by atoms with van der Waals surface area (Å²) in [5.41, 5.74) is 0.993. The summed E-state index contributed by atoms with van der Waals surface area (Å²) in [4.78, 5) is 0. The van der Waals surface area contributed by atoms with E-state index in [2.05, 4.69) is 0 Å². The van der Waals surface area contributed by atoms with Crippen molar-refractivity contribution in [2.24, 2.45) is 0 Å². The van der Waals surface area contributed by atoms with Crippen LogP contribution in [0.4, 0.5) is 0 Å². The molecule has 0 fully saturated rings. The van der Waals surface area contributed by atoms with E-state index in [1.807, 2.05) is 24.7 Å². The lowest BCUT2D eigenvalue weighted by Gasteiger charge is -2.25. The molecule has 1 aliphatic heterocycles. The average molecular weight is 316 g/mol. The average Bonchev–Trinajstić information content (AvgIpc) is 2.49. The SMILES string of the molecule is CO[Si](COc1ccc2c(c1)CO[SiH](C)O2)(OC)OC. The lowest BCUT2D eigenvalue weighted by Crippen LogP contribution is -2.49. The van der Waals surface area contributed by atoms with Crippen molar-refractivity contribution >= 4 is 18.1 Å². The van der Waals surface area contributed by atoms with Crippen LogP contribution in [-0.2, 0) is 24.3 Å². The van der Waals surface area contributed by atoms with Crippen molar-refractivity contribution in [1.82, 2.24) is 0 Å². The molecule has 2 rings (SSSR count). The summed E-state index contributed by atoms with van der Waals surface area (Å²) in [6.45, 7) is 2.57. The van der Waals surface area contributed by atoms with Crippen molar-refractivity contribution < 1.29 is 26.9 Å². The van der Waals surface area contributed by atoms with Crippen LogP contribution >= 0.6 is 0 Å². The van der Waals surface area contributed by atoms with Crippen molar-refractivity contribution in [2.45, 2.75) is 13.2 Å². The van der Waals surface area contributed by atoms with Gasteiger partial charge in [-0.05, 0) is 24.7 Å². The van der Waals surface area contributed by atoms with Gasteiger partial charge in [-0.15, -0.1) is 0 Å². The van der Waals surface area contributed by atoms with Crippen LogP contribution in [-0.4, -0.2) is 45.6 Å². The first-order valence-corrected chi connectivity index (χ1v) is 10.3. The molecule has 20 heavy (non-hydrogen) atoms. The van der Waals surface area contributed by atoms with Crippen LogP contribution in [0.5, 0.6) is 11.5 Å². The highest BCUT2D eigenvalue weighted by molar-refractivity contribution is 6.60. The minimum Gasteiger partial charge on any atom is -0.522 e. The first-order chi connectivity index (χ1) is 9.62. The molecule has 112 valence electrons. The summed E-state index contributed by atoms with van der Waals surface area (Å²) in [5, 5.41) is 0. The van der Waals surface area contributed by atoms with Gasteiger partial charge in [-0.3, -0.25) is 0 Å². The quantitative estimate of drug-likeness (QED) is 0.736. The summed E-state index contributed by atoms with van der Waals surface area (Å²) in [7, 11) is 0.451. The number of benzene rings is 1. The Morgan fingerprint density at radius 1 is 1.20 bits per heavy atom. The van der Waals surface area contributed by atoms with Gasteiger partial charge in [0.1, 0.15) is 11.5 Å². The van der Waals surface area contributed by atoms with Crippen LogP contribution in [0.1, 0.15) is 5.56 Å². The van der Waals surface area contributed by atoms with E-state index in [9.17, 15) is 0 Å². The van der Waals surface area contributed by atoms with Crippen LogP contribution < -0.4 is 9.16 Å². The third-order valence-electron chi connectivity index (χ3n) is 3.15. The molecular formula is C12H20O6Si2. The van der Waals surface area contributed by atoms with Crippen LogP contribution in [0.15, 0.2) is 18.2 Å². The highest BCUT2D eigenvalue weighted by Gasteiger charge is 2.39. The number of hydrogen-bond acceptors (Lipinski definition) is 6. The molecule has 0 spiro atoms. The van der Waals surface area contributed by atoms with Gasteiger partial charge in [0.15, 0.2) is 6.23 Å². The Balaban J connectivity index is 2.04. The summed E-state index contributed by atoms with van der Waals surface area (Å²) in [6.07, 6.45) is 0.252. The van der Waals surface area contributed by atoms with Crippen molar-refractivity contribution in [2.75, 3.05) is 27.6 Å². The van der Waals surface area contributed by atoms with Gasteiger partial charge < -0.3 is 26.9 Å². The number of ether oxygens (including phenoxy) is 1. The molecule has 0 bridgehead atoms. The first kappa shape index (κ1) is 15.5. The topological polar surface area (TPSA) is 55.4 Å². The van der Waals surface area contributed by atoms with Crippen molar-refractivity contribution in [3.05, 3.63) is 23.8 Å². The maximum absolute atomic E-state index is 5.72. The van der Waals surface area contributed by atoms with E-state index in [-0.39, 0.29) is 6.23 Å². The zero-order chi connectivity index (χ0) is 14.6. The maximum atomic E-state index is 5.72. The molecule has 1 aliphatic rings. The molecule has 8 heteroatoms. The second-order valence-electron chi connectivity index (χ2n) is 4.35. The predicted octanol–water partition coefficient (Wildman–Crippen LogP) is 1.24. The van der Waals surface area contributed by atoms with Gasteiger partial charge in [0.25, 0.3) is 0 Å². The van der Waals surface area contributed by atoms with Gasteiger partial charge >= 0.3 is 18.1 Å². The molecule has 0 saturated heterocycles. The molecule has 1 aromatic carbocycles. The highest BCUT2D eigenvalue weighted by atomic mass is 28.4. The standard InChI is InChI=1S/C12H20O6Si2/c1-13-20(14-2,15-3)9-16-11-5-6-12-10(7-11)8-17-19(4)18-12/h5-7,19H,8-9H2,1-4H3. The maximum Gasteiger partial charge on any atom is 0.539 e. The molecule has 0 aromatic heterocycles. The van der Waals surface area contributed by atoms with Crippen LogP contribution in [0.3, 0.4) is 0 Å². The molecule has 0 radical (unpaired) electrons. The van der Waals surface area contributed by atoms with Crippen molar-refractivity contribution in [1.29, 1.82) is 0 Å². The summed E-state index contributed by atoms with van der Waals surface area (Å²) in [5.74, 6) is 1.60. The van der Waals surface area contributed by atoms with E-state index >= 15 is 0 Å². The number of fused-ring (bicyclic) bond motifs is 1. The largest absolute Gasteiger partial charge is 0.539 e. The molecular weight excluding hydrogens is 296 g/mol. The van der Waals surface area contributed by atoms with E-state index in [1.165, 1.54) is 0 Å². The summed E-state index contributed by atoms with van der Waals surface area (Å²) < 4.78 is 32.9. The van der Waals surface area contributed by atoms with Gasteiger partial charge in [0, 0.05) is 26.9 Å². The molecule has 1 heterocycles. The van der Waals surface area contributed by atoms with Crippen molar-refractivity contribution in [3.63, 3.8) is 0 Å². The first-order valence-electron chi connectivity index (χ1n) is 6.32. The molecule has 1 aromatic rings. The Morgan fingerprint density at radius 2 is 1.90 bits per heavy atom. The van der Waals surface area contributed by atoms with E-state index in [4.69, 9.17) is 26.9 Å². The lowest BCUT2D eigenvalue weighted by atomic mass is 10.2. The smallest absolute Gasteiger partial charge is 0.522 e. The minimum absolute atomic E-state index is 0.252.